The number of benzene rings is 2. The molecule has 0 bridgehead atoms. The van der Waals surface area contributed by atoms with Crippen LogP contribution in [0.2, 0.25) is 0 Å². The van der Waals surface area contributed by atoms with E-state index >= 15 is 0 Å². The Balaban J connectivity index is 1.96. The fourth-order valence-electron chi connectivity index (χ4n) is 2.72. The quantitative estimate of drug-likeness (QED) is 0.812. The lowest BCUT2D eigenvalue weighted by molar-refractivity contribution is -0.136. The van der Waals surface area contributed by atoms with Gasteiger partial charge in [-0.15, -0.1) is 0 Å². The first kappa shape index (κ1) is 15.7. The largest absolute Gasteiger partial charge is 0.466 e. The minimum absolute atomic E-state index is 0.239. The Hall–Kier alpha value is -3.14. The van der Waals surface area contributed by atoms with Crippen LogP contribution in [0.25, 0.3) is 6.08 Å². The Morgan fingerprint density at radius 2 is 1.67 bits per heavy atom. The zero-order valence-corrected chi connectivity index (χ0v) is 13.3. The molecular formula is C20H17NO3. The van der Waals surface area contributed by atoms with Crippen molar-refractivity contribution in [2.45, 2.75) is 6.04 Å². The molecule has 3 rings (SSSR count). The zero-order chi connectivity index (χ0) is 16.9. The summed E-state index contributed by atoms with van der Waals surface area (Å²) in [6.45, 7) is 0. The van der Waals surface area contributed by atoms with Gasteiger partial charge in [0.1, 0.15) is 0 Å². The van der Waals surface area contributed by atoms with Gasteiger partial charge in [0, 0.05) is 12.3 Å². The molecule has 2 aromatic carbocycles. The van der Waals surface area contributed by atoms with Gasteiger partial charge in [0.05, 0.1) is 18.7 Å². The molecule has 120 valence electrons. The molecule has 1 amide bonds. The summed E-state index contributed by atoms with van der Waals surface area (Å²) in [5, 5.41) is 0. The van der Waals surface area contributed by atoms with Crippen LogP contribution in [0.5, 0.6) is 0 Å². The van der Waals surface area contributed by atoms with Crippen molar-refractivity contribution >= 4 is 18.0 Å². The molecule has 4 heteroatoms. The Morgan fingerprint density at radius 1 is 1.04 bits per heavy atom. The van der Waals surface area contributed by atoms with E-state index in [1.807, 2.05) is 66.7 Å². The number of hydrogen-bond donors (Lipinski definition) is 0. The molecule has 1 heterocycles. The second-order valence-electron chi connectivity index (χ2n) is 5.38. The fraction of sp³-hybridized carbons (Fsp3) is 0.100. The van der Waals surface area contributed by atoms with E-state index in [2.05, 4.69) is 0 Å². The monoisotopic (exact) mass is 319 g/mol. The molecule has 24 heavy (non-hydrogen) atoms. The van der Waals surface area contributed by atoms with Gasteiger partial charge in [-0.05, 0) is 17.2 Å². The van der Waals surface area contributed by atoms with Gasteiger partial charge < -0.3 is 9.64 Å². The van der Waals surface area contributed by atoms with E-state index in [1.54, 1.807) is 11.1 Å². The second-order valence-corrected chi connectivity index (χ2v) is 5.38. The third-order valence-electron chi connectivity index (χ3n) is 3.87. The van der Waals surface area contributed by atoms with Gasteiger partial charge in [-0.3, -0.25) is 4.79 Å². The first-order valence-electron chi connectivity index (χ1n) is 7.61. The summed E-state index contributed by atoms with van der Waals surface area (Å²) in [6.07, 6.45) is 4.91. The fourth-order valence-corrected chi connectivity index (χ4v) is 2.72. The minimum atomic E-state index is -0.493. The molecule has 0 spiro atoms. The number of amides is 1. The summed E-state index contributed by atoms with van der Waals surface area (Å²) in [4.78, 5) is 26.0. The topological polar surface area (TPSA) is 46.6 Å². The van der Waals surface area contributed by atoms with Crippen molar-refractivity contribution in [1.82, 2.24) is 4.90 Å². The minimum Gasteiger partial charge on any atom is -0.466 e. The number of methoxy groups -OCH3 is 1. The van der Waals surface area contributed by atoms with Gasteiger partial charge in [0.2, 0.25) is 0 Å². The summed E-state index contributed by atoms with van der Waals surface area (Å²) in [6, 6.07) is 18.6. The number of ether oxygens (including phenoxy) is 1. The molecule has 0 aromatic heterocycles. The Kier molecular flexibility index (Phi) is 4.57. The van der Waals surface area contributed by atoms with E-state index in [1.165, 1.54) is 13.2 Å². The van der Waals surface area contributed by atoms with Crippen LogP contribution >= 0.6 is 0 Å². The van der Waals surface area contributed by atoms with Crippen LogP contribution in [-0.2, 0) is 14.3 Å². The van der Waals surface area contributed by atoms with Crippen molar-refractivity contribution in [2.75, 3.05) is 7.11 Å². The highest BCUT2D eigenvalue weighted by molar-refractivity contribution is 6.04. The average molecular weight is 319 g/mol. The zero-order valence-electron chi connectivity index (χ0n) is 13.3. The van der Waals surface area contributed by atoms with Crippen LogP contribution in [0.4, 0.5) is 0 Å². The highest BCUT2D eigenvalue weighted by Gasteiger charge is 2.36. The summed E-state index contributed by atoms with van der Waals surface area (Å²) in [5.74, 6) is -0.732. The van der Waals surface area contributed by atoms with E-state index in [-0.39, 0.29) is 5.91 Å². The normalized spacial score (nSPS) is 17.2. The maximum Gasteiger partial charge on any atom is 0.336 e. The van der Waals surface area contributed by atoms with Crippen LogP contribution in [0.3, 0.4) is 0 Å². The number of rotatable bonds is 4. The van der Waals surface area contributed by atoms with Crippen LogP contribution < -0.4 is 0 Å². The second kappa shape index (κ2) is 6.96. The van der Waals surface area contributed by atoms with Crippen molar-refractivity contribution < 1.29 is 14.3 Å². The first-order valence-corrected chi connectivity index (χ1v) is 7.61. The molecule has 1 aliphatic rings. The van der Waals surface area contributed by atoms with E-state index in [4.69, 9.17) is 4.74 Å². The van der Waals surface area contributed by atoms with Crippen LogP contribution in [0, 0.1) is 0 Å². The lowest BCUT2D eigenvalue weighted by Gasteiger charge is -2.23. The van der Waals surface area contributed by atoms with E-state index < -0.39 is 12.0 Å². The van der Waals surface area contributed by atoms with E-state index in [0.29, 0.717) is 5.57 Å². The van der Waals surface area contributed by atoms with Crippen LogP contribution in [-0.4, -0.2) is 23.9 Å². The third kappa shape index (κ3) is 3.13. The van der Waals surface area contributed by atoms with Crippen molar-refractivity contribution in [3.63, 3.8) is 0 Å². The van der Waals surface area contributed by atoms with Crippen molar-refractivity contribution in [1.29, 1.82) is 0 Å². The van der Waals surface area contributed by atoms with Gasteiger partial charge in [0.25, 0.3) is 5.91 Å². The highest BCUT2D eigenvalue weighted by atomic mass is 16.5. The first-order chi connectivity index (χ1) is 11.7. The predicted octanol–water partition coefficient (Wildman–Crippen LogP) is 3.34. The molecule has 0 fully saturated rings. The van der Waals surface area contributed by atoms with Gasteiger partial charge in [0.15, 0.2) is 0 Å². The number of carbonyl (C=O) groups excluding carboxylic acids is 2. The van der Waals surface area contributed by atoms with Crippen molar-refractivity contribution in [2.24, 2.45) is 0 Å². The van der Waals surface area contributed by atoms with Crippen LogP contribution in [0.15, 0.2) is 78.5 Å². The van der Waals surface area contributed by atoms with Crippen molar-refractivity contribution in [3.8, 4) is 0 Å². The average Bonchev–Trinajstić information content (AvgIpc) is 2.97. The highest BCUT2D eigenvalue weighted by Crippen LogP contribution is 2.35. The standard InChI is InChI=1S/C20H17NO3/c1-24-20(23)17-14-18(22)21(13-12-15-8-4-2-5-9-15)19(17)16-10-6-3-7-11-16/h2-14,19H,1H3/b13-12+. The van der Waals surface area contributed by atoms with Crippen molar-refractivity contribution in [3.05, 3.63) is 89.6 Å². The summed E-state index contributed by atoms with van der Waals surface area (Å²) >= 11 is 0. The maximum atomic E-state index is 12.4. The summed E-state index contributed by atoms with van der Waals surface area (Å²) < 4.78 is 4.84. The van der Waals surface area contributed by atoms with E-state index in [9.17, 15) is 9.59 Å². The van der Waals surface area contributed by atoms with Gasteiger partial charge in [-0.25, -0.2) is 4.79 Å². The molecule has 1 atom stereocenters. The van der Waals surface area contributed by atoms with E-state index in [0.717, 1.165) is 11.1 Å². The lowest BCUT2D eigenvalue weighted by atomic mass is 10.00. The Morgan fingerprint density at radius 3 is 2.29 bits per heavy atom. The van der Waals surface area contributed by atoms with Gasteiger partial charge in [-0.1, -0.05) is 60.7 Å². The molecular weight excluding hydrogens is 302 g/mol. The molecule has 0 radical (unpaired) electrons. The van der Waals surface area contributed by atoms with Gasteiger partial charge in [-0.2, -0.15) is 0 Å². The Labute approximate surface area is 140 Å². The number of esters is 1. The molecule has 1 aliphatic heterocycles. The molecule has 1 unspecified atom stereocenters. The van der Waals surface area contributed by atoms with Gasteiger partial charge >= 0.3 is 5.97 Å². The molecule has 0 saturated carbocycles. The smallest absolute Gasteiger partial charge is 0.336 e. The molecule has 2 aromatic rings. The predicted molar refractivity (Wildman–Crippen MR) is 91.6 cm³/mol. The SMILES string of the molecule is COC(=O)C1=CC(=O)N(/C=C/c2ccccc2)C1c1ccccc1. The number of hydrogen-bond acceptors (Lipinski definition) is 3. The lowest BCUT2D eigenvalue weighted by Crippen LogP contribution is -2.25. The maximum absolute atomic E-state index is 12.4. The summed E-state index contributed by atoms with van der Waals surface area (Å²) in [7, 11) is 1.32. The number of nitrogens with zero attached hydrogens (tertiary/aromatic N) is 1. The molecule has 0 aliphatic carbocycles. The molecule has 4 nitrogen and oxygen atoms in total. The number of carbonyl (C=O) groups is 2. The Bertz CT molecular complexity index is 794. The molecule has 0 saturated heterocycles. The third-order valence-corrected chi connectivity index (χ3v) is 3.87. The van der Waals surface area contributed by atoms with Crippen LogP contribution in [0.1, 0.15) is 17.2 Å². The molecule has 0 N–H and O–H groups in total. The summed E-state index contributed by atoms with van der Waals surface area (Å²) in [5.41, 5.74) is 2.17.